The molecule has 3 aliphatic rings. The lowest BCUT2D eigenvalue weighted by Gasteiger charge is -2.40. The minimum absolute atomic E-state index is 0.0162. The molecular formula is C27H32FN3O2. The first-order valence-electron chi connectivity index (χ1n) is 12.1. The molecule has 2 amide bonds. The van der Waals surface area contributed by atoms with Crippen molar-refractivity contribution in [1.82, 2.24) is 14.7 Å². The Hall–Kier alpha value is -2.73. The first-order valence-corrected chi connectivity index (χ1v) is 12.1. The summed E-state index contributed by atoms with van der Waals surface area (Å²) in [5.41, 5.74) is 3.10. The van der Waals surface area contributed by atoms with Crippen molar-refractivity contribution in [2.45, 2.75) is 37.0 Å². The monoisotopic (exact) mass is 449 g/mol. The summed E-state index contributed by atoms with van der Waals surface area (Å²) >= 11 is 0. The van der Waals surface area contributed by atoms with Gasteiger partial charge in [0, 0.05) is 51.3 Å². The number of carbonyl (C=O) groups excluding carboxylic acids is 2. The van der Waals surface area contributed by atoms with Crippen LogP contribution in [-0.4, -0.2) is 72.8 Å². The number of piperazine rings is 1. The summed E-state index contributed by atoms with van der Waals surface area (Å²) in [6.07, 6.45) is 3.29. The summed E-state index contributed by atoms with van der Waals surface area (Å²) in [4.78, 5) is 32.1. The highest BCUT2D eigenvalue weighted by atomic mass is 19.1. The molecule has 2 fully saturated rings. The maximum atomic E-state index is 13.6. The topological polar surface area (TPSA) is 43.9 Å². The van der Waals surface area contributed by atoms with Gasteiger partial charge in [-0.15, -0.1) is 0 Å². The van der Waals surface area contributed by atoms with E-state index in [2.05, 4.69) is 36.2 Å². The Balaban J connectivity index is 1.28. The Kier molecular flexibility index (Phi) is 5.95. The summed E-state index contributed by atoms with van der Waals surface area (Å²) in [6, 6.07) is 14.5. The van der Waals surface area contributed by atoms with E-state index in [1.807, 2.05) is 9.80 Å². The van der Waals surface area contributed by atoms with Gasteiger partial charge in [0.1, 0.15) is 5.82 Å². The molecule has 1 aliphatic carbocycles. The number of likely N-dealkylation sites (N-methyl/N-ethyl adjacent to an activating group) is 1. The van der Waals surface area contributed by atoms with E-state index >= 15 is 0 Å². The molecule has 1 atom stereocenters. The molecule has 2 aliphatic heterocycles. The van der Waals surface area contributed by atoms with Gasteiger partial charge in [-0.05, 0) is 67.0 Å². The molecule has 0 saturated carbocycles. The third kappa shape index (κ3) is 4.29. The van der Waals surface area contributed by atoms with Crippen LogP contribution < -0.4 is 0 Å². The summed E-state index contributed by atoms with van der Waals surface area (Å²) in [6.45, 7) is 4.81. The minimum atomic E-state index is -0.382. The molecule has 2 aromatic rings. The lowest BCUT2D eigenvalue weighted by atomic mass is 9.73. The van der Waals surface area contributed by atoms with Gasteiger partial charge in [0.15, 0.2) is 0 Å². The number of hydrogen-bond donors (Lipinski definition) is 0. The van der Waals surface area contributed by atoms with Gasteiger partial charge < -0.3 is 14.7 Å². The lowest BCUT2D eigenvalue weighted by molar-refractivity contribution is -0.133. The highest BCUT2D eigenvalue weighted by Crippen LogP contribution is 2.52. The molecule has 0 unspecified atom stereocenters. The van der Waals surface area contributed by atoms with Crippen LogP contribution in [0.5, 0.6) is 0 Å². The van der Waals surface area contributed by atoms with Gasteiger partial charge in [0.05, 0.1) is 0 Å². The highest BCUT2D eigenvalue weighted by Gasteiger charge is 2.46. The van der Waals surface area contributed by atoms with E-state index in [4.69, 9.17) is 0 Å². The summed E-state index contributed by atoms with van der Waals surface area (Å²) in [7, 11) is 2.10. The fourth-order valence-electron chi connectivity index (χ4n) is 6.02. The summed E-state index contributed by atoms with van der Waals surface area (Å²) in [5, 5.41) is 0. The van der Waals surface area contributed by atoms with Crippen LogP contribution in [-0.2, 0) is 10.2 Å². The van der Waals surface area contributed by atoms with E-state index in [9.17, 15) is 14.0 Å². The van der Waals surface area contributed by atoms with Crippen LogP contribution in [0.4, 0.5) is 4.39 Å². The van der Waals surface area contributed by atoms with E-state index in [1.165, 1.54) is 23.3 Å². The molecule has 2 heterocycles. The molecule has 0 N–H and O–H groups in total. The average molecular weight is 450 g/mol. The minimum Gasteiger partial charge on any atom is -0.340 e. The molecule has 5 rings (SSSR count). The Morgan fingerprint density at radius 1 is 0.939 bits per heavy atom. The zero-order valence-corrected chi connectivity index (χ0v) is 19.3. The number of amides is 2. The molecule has 1 spiro atoms. The summed E-state index contributed by atoms with van der Waals surface area (Å²) < 4.78 is 13.6. The third-order valence-corrected chi connectivity index (χ3v) is 7.97. The van der Waals surface area contributed by atoms with Crippen molar-refractivity contribution < 1.29 is 14.0 Å². The third-order valence-electron chi connectivity index (χ3n) is 7.97. The Labute approximate surface area is 195 Å². The van der Waals surface area contributed by atoms with Crippen molar-refractivity contribution in [3.63, 3.8) is 0 Å². The molecule has 0 radical (unpaired) electrons. The van der Waals surface area contributed by atoms with Crippen molar-refractivity contribution in [3.05, 3.63) is 71.0 Å². The second kappa shape index (κ2) is 8.90. The second-order valence-corrected chi connectivity index (χ2v) is 9.96. The van der Waals surface area contributed by atoms with Crippen LogP contribution in [0.25, 0.3) is 0 Å². The predicted octanol–water partition coefficient (Wildman–Crippen LogP) is 3.65. The normalized spacial score (nSPS) is 22.4. The van der Waals surface area contributed by atoms with Crippen LogP contribution in [0.3, 0.4) is 0 Å². The van der Waals surface area contributed by atoms with Gasteiger partial charge in [-0.2, -0.15) is 0 Å². The molecular weight excluding hydrogens is 417 g/mol. The molecule has 0 aromatic heterocycles. The maximum Gasteiger partial charge on any atom is 0.253 e. The van der Waals surface area contributed by atoms with Crippen LogP contribution in [0.2, 0.25) is 0 Å². The van der Waals surface area contributed by atoms with Crippen molar-refractivity contribution in [1.29, 1.82) is 0 Å². The number of rotatable bonds is 3. The second-order valence-electron chi connectivity index (χ2n) is 9.96. The number of hydrogen-bond acceptors (Lipinski definition) is 3. The molecule has 5 nitrogen and oxygen atoms in total. The maximum absolute atomic E-state index is 13.6. The lowest BCUT2D eigenvalue weighted by Crippen LogP contribution is -2.47. The fraction of sp³-hybridized carbons (Fsp3) is 0.481. The van der Waals surface area contributed by atoms with E-state index in [-0.39, 0.29) is 29.0 Å². The van der Waals surface area contributed by atoms with Crippen LogP contribution >= 0.6 is 0 Å². The first-order chi connectivity index (χ1) is 15.9. The predicted molar refractivity (Wildman–Crippen MR) is 126 cm³/mol. The van der Waals surface area contributed by atoms with E-state index in [1.54, 1.807) is 12.1 Å². The van der Waals surface area contributed by atoms with Crippen molar-refractivity contribution in [2.24, 2.45) is 0 Å². The standard InChI is InChI=1S/C27H32FN3O2/c1-29-13-15-30(16-14-29)25(32)18-21-19-27(24-8-3-2-7-23(21)24)9-11-31(12-10-27)26(33)20-5-4-6-22(28)17-20/h2-8,17,21H,9-16,18-19H2,1H3/t21-/m1/s1. The Morgan fingerprint density at radius 2 is 1.67 bits per heavy atom. The SMILES string of the molecule is CN1CCN(C(=O)C[C@@H]2CC3(CCN(C(=O)c4cccc(F)c4)CC3)c3ccccc32)CC1. The average Bonchev–Trinajstić information content (AvgIpc) is 3.12. The number of fused-ring (bicyclic) bond motifs is 2. The van der Waals surface area contributed by atoms with Gasteiger partial charge >= 0.3 is 0 Å². The first kappa shape index (κ1) is 22.1. The smallest absolute Gasteiger partial charge is 0.253 e. The molecule has 6 heteroatoms. The van der Waals surface area contributed by atoms with Gasteiger partial charge in [-0.3, -0.25) is 9.59 Å². The van der Waals surface area contributed by atoms with Gasteiger partial charge in [0.25, 0.3) is 5.91 Å². The molecule has 174 valence electrons. The largest absolute Gasteiger partial charge is 0.340 e. The molecule has 33 heavy (non-hydrogen) atoms. The van der Waals surface area contributed by atoms with Gasteiger partial charge in [-0.1, -0.05) is 30.3 Å². The van der Waals surface area contributed by atoms with E-state index < -0.39 is 0 Å². The fourth-order valence-corrected chi connectivity index (χ4v) is 6.02. The Bertz CT molecular complexity index is 1040. The quantitative estimate of drug-likeness (QED) is 0.719. The number of halogens is 1. The van der Waals surface area contributed by atoms with Gasteiger partial charge in [0.2, 0.25) is 5.91 Å². The molecule has 2 saturated heterocycles. The van der Waals surface area contributed by atoms with E-state index in [0.717, 1.165) is 45.4 Å². The van der Waals surface area contributed by atoms with Crippen molar-refractivity contribution >= 4 is 11.8 Å². The number of nitrogens with zero attached hydrogens (tertiary/aromatic N) is 3. The van der Waals surface area contributed by atoms with Crippen molar-refractivity contribution in [3.8, 4) is 0 Å². The number of benzene rings is 2. The van der Waals surface area contributed by atoms with Crippen LogP contribution in [0.15, 0.2) is 48.5 Å². The number of likely N-dealkylation sites (tertiary alicyclic amines) is 1. The van der Waals surface area contributed by atoms with E-state index in [0.29, 0.717) is 25.1 Å². The van der Waals surface area contributed by atoms with Crippen LogP contribution in [0.1, 0.15) is 53.1 Å². The van der Waals surface area contributed by atoms with Crippen molar-refractivity contribution in [2.75, 3.05) is 46.3 Å². The number of carbonyl (C=O) groups is 2. The zero-order chi connectivity index (χ0) is 23.0. The van der Waals surface area contributed by atoms with Crippen LogP contribution in [0, 0.1) is 5.82 Å². The molecule has 0 bridgehead atoms. The summed E-state index contributed by atoms with van der Waals surface area (Å²) in [5.74, 6) is 0.0156. The van der Waals surface area contributed by atoms with Gasteiger partial charge in [-0.25, -0.2) is 4.39 Å². The highest BCUT2D eigenvalue weighted by molar-refractivity contribution is 5.94. The number of piperidine rings is 1. The molecule has 2 aromatic carbocycles. The zero-order valence-electron chi connectivity index (χ0n) is 19.3. The Morgan fingerprint density at radius 3 is 2.39 bits per heavy atom.